The van der Waals surface area contributed by atoms with Crippen LogP contribution in [0.15, 0.2) is 66.7 Å². The first-order chi connectivity index (χ1) is 12.1. The topological polar surface area (TPSA) is 21.3 Å². The summed E-state index contributed by atoms with van der Waals surface area (Å²) in [5, 5.41) is 4.18. The largest absolute Gasteiger partial charge is 0.489 e. The fourth-order valence-corrected chi connectivity index (χ4v) is 2.78. The second kappa shape index (κ2) is 8.09. The number of ether oxygens (including phenoxy) is 1. The van der Waals surface area contributed by atoms with Crippen LogP contribution in [0.5, 0.6) is 5.75 Å². The molecule has 0 spiro atoms. The van der Waals surface area contributed by atoms with Gasteiger partial charge in [-0.2, -0.15) is 0 Å². The molecule has 0 bridgehead atoms. The number of benzene rings is 3. The number of aryl methyl sites for hydroxylation is 2. The van der Waals surface area contributed by atoms with Gasteiger partial charge >= 0.3 is 0 Å². The van der Waals surface area contributed by atoms with Gasteiger partial charge in [0.15, 0.2) is 0 Å². The molecule has 3 rings (SSSR count). The SMILES string of the molecule is Cc1ccc(COc2ccccc2CNc2cc(Cl)ccc2C)cc1. The predicted molar refractivity (Wildman–Crippen MR) is 105 cm³/mol. The molecular formula is C22H22ClNO. The molecule has 3 heteroatoms. The third kappa shape index (κ3) is 4.77. The molecule has 0 heterocycles. The maximum Gasteiger partial charge on any atom is 0.124 e. The van der Waals surface area contributed by atoms with Crippen LogP contribution in [0.4, 0.5) is 5.69 Å². The number of halogens is 1. The Labute approximate surface area is 154 Å². The number of para-hydroxylation sites is 1. The average molecular weight is 352 g/mol. The summed E-state index contributed by atoms with van der Waals surface area (Å²) in [6.45, 7) is 5.40. The lowest BCUT2D eigenvalue weighted by Gasteiger charge is -2.14. The minimum atomic E-state index is 0.563. The van der Waals surface area contributed by atoms with E-state index < -0.39 is 0 Å². The van der Waals surface area contributed by atoms with Crippen LogP contribution < -0.4 is 10.1 Å². The normalized spacial score (nSPS) is 10.5. The standard InChI is InChI=1S/C22H22ClNO/c1-16-7-10-18(11-8-16)15-25-22-6-4-3-5-19(22)14-24-21-13-20(23)12-9-17(21)2/h3-13,24H,14-15H2,1-2H3. The molecule has 0 saturated heterocycles. The Bertz CT molecular complexity index is 843. The van der Waals surface area contributed by atoms with Gasteiger partial charge in [0.2, 0.25) is 0 Å². The van der Waals surface area contributed by atoms with Gasteiger partial charge < -0.3 is 10.1 Å². The first-order valence-corrected chi connectivity index (χ1v) is 8.76. The molecule has 128 valence electrons. The Morgan fingerprint density at radius 1 is 0.920 bits per heavy atom. The summed E-state index contributed by atoms with van der Waals surface area (Å²) >= 11 is 6.09. The van der Waals surface area contributed by atoms with Crippen molar-refractivity contribution in [3.8, 4) is 5.75 Å². The van der Waals surface area contributed by atoms with Crippen molar-refractivity contribution in [1.82, 2.24) is 0 Å². The van der Waals surface area contributed by atoms with E-state index in [-0.39, 0.29) is 0 Å². The Hall–Kier alpha value is -2.45. The van der Waals surface area contributed by atoms with Crippen molar-refractivity contribution in [2.75, 3.05) is 5.32 Å². The van der Waals surface area contributed by atoms with E-state index in [0.29, 0.717) is 13.2 Å². The molecule has 1 N–H and O–H groups in total. The van der Waals surface area contributed by atoms with E-state index in [2.05, 4.69) is 49.5 Å². The van der Waals surface area contributed by atoms with E-state index >= 15 is 0 Å². The zero-order valence-electron chi connectivity index (χ0n) is 14.6. The lowest BCUT2D eigenvalue weighted by Crippen LogP contribution is -2.04. The van der Waals surface area contributed by atoms with Crippen LogP contribution in [0, 0.1) is 13.8 Å². The molecule has 0 fully saturated rings. The molecule has 3 aromatic carbocycles. The van der Waals surface area contributed by atoms with Crippen molar-refractivity contribution < 1.29 is 4.74 Å². The zero-order valence-corrected chi connectivity index (χ0v) is 15.3. The van der Waals surface area contributed by atoms with Crippen molar-refractivity contribution in [3.05, 3.63) is 94.0 Å². The molecule has 0 aromatic heterocycles. The van der Waals surface area contributed by atoms with E-state index in [9.17, 15) is 0 Å². The maximum atomic E-state index is 6.09. The summed E-state index contributed by atoms with van der Waals surface area (Å²) in [6, 6.07) is 22.4. The third-order valence-corrected chi connectivity index (χ3v) is 4.39. The number of rotatable bonds is 6. The molecule has 0 aliphatic heterocycles. The smallest absolute Gasteiger partial charge is 0.124 e. The lowest BCUT2D eigenvalue weighted by atomic mass is 10.1. The average Bonchev–Trinajstić information content (AvgIpc) is 2.63. The number of hydrogen-bond donors (Lipinski definition) is 1. The van der Waals surface area contributed by atoms with Gasteiger partial charge in [0.25, 0.3) is 0 Å². The Morgan fingerprint density at radius 3 is 2.48 bits per heavy atom. The van der Waals surface area contributed by atoms with Gasteiger partial charge in [-0.1, -0.05) is 65.7 Å². The highest BCUT2D eigenvalue weighted by Crippen LogP contribution is 2.24. The molecule has 3 aromatic rings. The molecule has 0 amide bonds. The quantitative estimate of drug-likeness (QED) is 0.575. The van der Waals surface area contributed by atoms with Crippen LogP contribution in [-0.4, -0.2) is 0 Å². The zero-order chi connectivity index (χ0) is 17.6. The Balaban J connectivity index is 1.68. The van der Waals surface area contributed by atoms with Crippen molar-refractivity contribution in [3.63, 3.8) is 0 Å². The van der Waals surface area contributed by atoms with Crippen molar-refractivity contribution in [2.24, 2.45) is 0 Å². The van der Waals surface area contributed by atoms with Crippen LogP contribution in [0.25, 0.3) is 0 Å². The van der Waals surface area contributed by atoms with Crippen molar-refractivity contribution in [2.45, 2.75) is 27.0 Å². The monoisotopic (exact) mass is 351 g/mol. The number of hydrogen-bond acceptors (Lipinski definition) is 2. The summed E-state index contributed by atoms with van der Waals surface area (Å²) < 4.78 is 6.04. The molecule has 25 heavy (non-hydrogen) atoms. The second-order valence-corrected chi connectivity index (χ2v) is 6.63. The molecule has 2 nitrogen and oxygen atoms in total. The van der Waals surface area contributed by atoms with Crippen LogP contribution in [0.3, 0.4) is 0 Å². The van der Waals surface area contributed by atoms with E-state index in [1.54, 1.807) is 0 Å². The van der Waals surface area contributed by atoms with Gasteiger partial charge in [0, 0.05) is 22.8 Å². The minimum absolute atomic E-state index is 0.563. The third-order valence-electron chi connectivity index (χ3n) is 4.16. The number of nitrogens with one attached hydrogen (secondary N) is 1. The second-order valence-electron chi connectivity index (χ2n) is 6.19. The fourth-order valence-electron chi connectivity index (χ4n) is 2.61. The molecule has 0 unspecified atom stereocenters. The summed E-state index contributed by atoms with van der Waals surface area (Å²) in [7, 11) is 0. The van der Waals surface area contributed by atoms with Gasteiger partial charge in [-0.3, -0.25) is 0 Å². The first-order valence-electron chi connectivity index (χ1n) is 8.38. The summed E-state index contributed by atoms with van der Waals surface area (Å²) in [5.74, 6) is 0.898. The lowest BCUT2D eigenvalue weighted by molar-refractivity contribution is 0.303. The molecule has 0 saturated carbocycles. The van der Waals surface area contributed by atoms with Gasteiger partial charge in [-0.05, 0) is 43.2 Å². The maximum absolute atomic E-state index is 6.09. The minimum Gasteiger partial charge on any atom is -0.489 e. The Morgan fingerprint density at radius 2 is 1.68 bits per heavy atom. The van der Waals surface area contributed by atoms with E-state index in [1.807, 2.05) is 36.4 Å². The van der Waals surface area contributed by atoms with Crippen LogP contribution in [0.2, 0.25) is 5.02 Å². The summed E-state index contributed by atoms with van der Waals surface area (Å²) in [6.07, 6.45) is 0. The molecule has 0 atom stereocenters. The van der Waals surface area contributed by atoms with E-state index in [0.717, 1.165) is 22.0 Å². The Kier molecular flexibility index (Phi) is 5.62. The van der Waals surface area contributed by atoms with Crippen LogP contribution in [0.1, 0.15) is 22.3 Å². The molecular weight excluding hydrogens is 330 g/mol. The highest BCUT2D eigenvalue weighted by molar-refractivity contribution is 6.30. The van der Waals surface area contributed by atoms with Crippen LogP contribution in [-0.2, 0) is 13.2 Å². The first kappa shape index (κ1) is 17.4. The molecule has 0 radical (unpaired) electrons. The number of anilines is 1. The van der Waals surface area contributed by atoms with Gasteiger partial charge in [0.05, 0.1) is 0 Å². The summed E-state index contributed by atoms with van der Waals surface area (Å²) in [5.41, 5.74) is 5.75. The van der Waals surface area contributed by atoms with Gasteiger partial charge in [-0.25, -0.2) is 0 Å². The summed E-state index contributed by atoms with van der Waals surface area (Å²) in [4.78, 5) is 0. The fraction of sp³-hybridized carbons (Fsp3) is 0.182. The highest BCUT2D eigenvalue weighted by Gasteiger charge is 2.05. The van der Waals surface area contributed by atoms with Gasteiger partial charge in [-0.15, -0.1) is 0 Å². The van der Waals surface area contributed by atoms with Gasteiger partial charge in [0.1, 0.15) is 12.4 Å². The van der Waals surface area contributed by atoms with Crippen molar-refractivity contribution >= 4 is 17.3 Å². The van der Waals surface area contributed by atoms with Crippen molar-refractivity contribution in [1.29, 1.82) is 0 Å². The molecule has 0 aliphatic rings. The molecule has 0 aliphatic carbocycles. The van der Waals surface area contributed by atoms with E-state index in [4.69, 9.17) is 16.3 Å². The highest BCUT2D eigenvalue weighted by atomic mass is 35.5. The van der Waals surface area contributed by atoms with Crippen LogP contribution >= 0.6 is 11.6 Å². The predicted octanol–water partition coefficient (Wildman–Crippen LogP) is 6.15. The van der Waals surface area contributed by atoms with E-state index in [1.165, 1.54) is 16.7 Å².